The van der Waals surface area contributed by atoms with Gasteiger partial charge in [0, 0.05) is 30.3 Å². The lowest BCUT2D eigenvalue weighted by atomic mass is 10.2. The summed E-state index contributed by atoms with van der Waals surface area (Å²) < 4.78 is 18.0. The molecule has 140 valence electrons. The highest BCUT2D eigenvalue weighted by atomic mass is 79.9. The summed E-state index contributed by atoms with van der Waals surface area (Å²) in [4.78, 5) is 0. The largest absolute Gasteiger partial charge is 0.493 e. The molecule has 0 saturated carbocycles. The zero-order chi connectivity index (χ0) is 18.4. The van der Waals surface area contributed by atoms with Crippen LogP contribution in [0.2, 0.25) is 5.02 Å². The normalized spacial score (nSPS) is 16.7. The average molecular weight is 441 g/mol. The molecule has 0 aliphatic carbocycles. The smallest absolute Gasteiger partial charge is 0.175 e. The minimum atomic E-state index is 0.332. The van der Waals surface area contributed by atoms with Crippen LogP contribution in [-0.4, -0.2) is 26.4 Å². The lowest BCUT2D eigenvalue weighted by Crippen LogP contribution is -2.25. The molecule has 0 spiro atoms. The highest BCUT2D eigenvalue weighted by Crippen LogP contribution is 2.37. The first-order chi connectivity index (χ1) is 12.7. The lowest BCUT2D eigenvalue weighted by molar-refractivity contribution is 0.110. The van der Waals surface area contributed by atoms with E-state index in [1.165, 1.54) is 0 Å². The van der Waals surface area contributed by atoms with Gasteiger partial charge in [-0.15, -0.1) is 0 Å². The molecule has 6 heteroatoms. The van der Waals surface area contributed by atoms with Gasteiger partial charge < -0.3 is 19.5 Å². The van der Waals surface area contributed by atoms with E-state index in [4.69, 9.17) is 25.8 Å². The van der Waals surface area contributed by atoms with Crippen molar-refractivity contribution in [2.45, 2.75) is 32.1 Å². The summed E-state index contributed by atoms with van der Waals surface area (Å²) >= 11 is 9.80. The quantitative estimate of drug-likeness (QED) is 0.630. The Morgan fingerprint density at radius 1 is 1.31 bits per heavy atom. The van der Waals surface area contributed by atoms with Crippen molar-refractivity contribution in [3.63, 3.8) is 0 Å². The van der Waals surface area contributed by atoms with E-state index < -0.39 is 0 Å². The summed E-state index contributed by atoms with van der Waals surface area (Å²) in [6.45, 7) is 2.87. The first-order valence-corrected chi connectivity index (χ1v) is 9.89. The third-order valence-electron chi connectivity index (χ3n) is 4.34. The Hall–Kier alpha value is -1.27. The van der Waals surface area contributed by atoms with Crippen LogP contribution in [0.1, 0.15) is 24.0 Å². The highest BCUT2D eigenvalue weighted by molar-refractivity contribution is 9.10. The van der Waals surface area contributed by atoms with Crippen LogP contribution in [0.15, 0.2) is 40.9 Å². The third-order valence-corrected chi connectivity index (χ3v) is 5.30. The van der Waals surface area contributed by atoms with E-state index in [1.807, 2.05) is 36.4 Å². The van der Waals surface area contributed by atoms with E-state index in [-0.39, 0.29) is 0 Å². The SMILES string of the molecule is COc1cc(CNC[C@@H]2CCCO2)cc(Br)c1OCc1ccccc1Cl. The maximum Gasteiger partial charge on any atom is 0.175 e. The molecule has 0 radical (unpaired) electrons. The second-order valence-corrected chi connectivity index (χ2v) is 7.52. The molecule has 1 aliphatic rings. The summed E-state index contributed by atoms with van der Waals surface area (Å²) in [5.74, 6) is 1.37. The molecule has 1 N–H and O–H groups in total. The fourth-order valence-corrected chi connectivity index (χ4v) is 3.76. The zero-order valence-corrected chi connectivity index (χ0v) is 17.1. The average Bonchev–Trinajstić information content (AvgIpc) is 3.15. The van der Waals surface area contributed by atoms with Gasteiger partial charge in [-0.2, -0.15) is 0 Å². The first-order valence-electron chi connectivity index (χ1n) is 8.72. The molecule has 1 fully saturated rings. The summed E-state index contributed by atoms with van der Waals surface area (Å²) in [6, 6.07) is 11.7. The summed E-state index contributed by atoms with van der Waals surface area (Å²) in [5, 5.41) is 4.14. The minimum absolute atomic E-state index is 0.332. The fraction of sp³-hybridized carbons (Fsp3) is 0.400. The van der Waals surface area contributed by atoms with Crippen molar-refractivity contribution in [2.75, 3.05) is 20.3 Å². The number of benzene rings is 2. The molecule has 1 aliphatic heterocycles. The molecule has 26 heavy (non-hydrogen) atoms. The van der Waals surface area contributed by atoms with E-state index >= 15 is 0 Å². The van der Waals surface area contributed by atoms with Crippen LogP contribution >= 0.6 is 27.5 Å². The fourth-order valence-electron chi connectivity index (χ4n) is 2.96. The predicted molar refractivity (Wildman–Crippen MR) is 107 cm³/mol. The molecule has 0 bridgehead atoms. The van der Waals surface area contributed by atoms with Gasteiger partial charge in [-0.05, 0) is 52.5 Å². The zero-order valence-electron chi connectivity index (χ0n) is 14.8. The van der Waals surface area contributed by atoms with Crippen molar-refractivity contribution in [3.8, 4) is 11.5 Å². The van der Waals surface area contributed by atoms with E-state index in [9.17, 15) is 0 Å². The van der Waals surface area contributed by atoms with Gasteiger partial charge in [-0.25, -0.2) is 0 Å². The molecule has 1 saturated heterocycles. The number of rotatable bonds is 8. The van der Waals surface area contributed by atoms with E-state index in [1.54, 1.807) is 7.11 Å². The second kappa shape index (κ2) is 9.60. The Kier molecular flexibility index (Phi) is 7.20. The number of nitrogens with one attached hydrogen (secondary N) is 1. The summed E-state index contributed by atoms with van der Waals surface area (Å²) in [7, 11) is 1.65. The molecule has 1 heterocycles. The third kappa shape index (κ3) is 5.13. The summed E-state index contributed by atoms with van der Waals surface area (Å²) in [6.07, 6.45) is 2.62. The molecule has 0 unspecified atom stereocenters. The van der Waals surface area contributed by atoms with Gasteiger partial charge >= 0.3 is 0 Å². The van der Waals surface area contributed by atoms with Crippen LogP contribution in [0.4, 0.5) is 0 Å². The van der Waals surface area contributed by atoms with Crippen LogP contribution in [-0.2, 0) is 17.9 Å². The Labute approximate surface area is 167 Å². The van der Waals surface area contributed by atoms with Crippen LogP contribution in [0.5, 0.6) is 11.5 Å². The Bertz CT molecular complexity index is 735. The van der Waals surface area contributed by atoms with Crippen LogP contribution < -0.4 is 14.8 Å². The molecule has 1 atom stereocenters. The number of ether oxygens (including phenoxy) is 3. The number of halogens is 2. The highest BCUT2D eigenvalue weighted by Gasteiger charge is 2.16. The number of methoxy groups -OCH3 is 1. The van der Waals surface area contributed by atoms with Gasteiger partial charge in [0.1, 0.15) is 6.61 Å². The van der Waals surface area contributed by atoms with Gasteiger partial charge in [0.05, 0.1) is 17.7 Å². The number of hydrogen-bond acceptors (Lipinski definition) is 4. The molecule has 4 nitrogen and oxygen atoms in total. The topological polar surface area (TPSA) is 39.7 Å². The molecule has 2 aromatic carbocycles. The number of hydrogen-bond donors (Lipinski definition) is 1. The molecule has 0 aromatic heterocycles. The van der Waals surface area contributed by atoms with Crippen molar-refractivity contribution in [2.24, 2.45) is 0 Å². The maximum absolute atomic E-state index is 6.20. The lowest BCUT2D eigenvalue weighted by Gasteiger charge is -2.16. The Balaban J connectivity index is 1.63. The van der Waals surface area contributed by atoms with Crippen LogP contribution in [0, 0.1) is 0 Å². The Morgan fingerprint density at radius 2 is 2.15 bits per heavy atom. The molecule has 3 rings (SSSR count). The predicted octanol–water partition coefficient (Wildman–Crippen LogP) is 4.96. The van der Waals surface area contributed by atoms with E-state index in [2.05, 4.69) is 21.2 Å². The molecule has 2 aromatic rings. The monoisotopic (exact) mass is 439 g/mol. The first kappa shape index (κ1) is 19.5. The van der Waals surface area contributed by atoms with E-state index in [0.717, 1.165) is 48.1 Å². The van der Waals surface area contributed by atoms with Gasteiger partial charge in [0.2, 0.25) is 0 Å². The molecular weight excluding hydrogens is 418 g/mol. The van der Waals surface area contributed by atoms with E-state index in [0.29, 0.717) is 29.2 Å². The van der Waals surface area contributed by atoms with Crippen molar-refractivity contribution < 1.29 is 14.2 Å². The van der Waals surface area contributed by atoms with Crippen molar-refractivity contribution in [1.29, 1.82) is 0 Å². The maximum atomic E-state index is 6.20. The van der Waals surface area contributed by atoms with Gasteiger partial charge in [-0.1, -0.05) is 29.8 Å². The minimum Gasteiger partial charge on any atom is -0.493 e. The van der Waals surface area contributed by atoms with Crippen molar-refractivity contribution in [3.05, 3.63) is 57.0 Å². The van der Waals surface area contributed by atoms with Crippen LogP contribution in [0.3, 0.4) is 0 Å². The van der Waals surface area contributed by atoms with Crippen molar-refractivity contribution >= 4 is 27.5 Å². The molecular formula is C20H23BrClNO3. The summed E-state index contributed by atoms with van der Waals surface area (Å²) in [5.41, 5.74) is 2.06. The Morgan fingerprint density at radius 3 is 2.88 bits per heavy atom. The standard InChI is InChI=1S/C20H23BrClNO3/c1-24-19-10-14(11-23-12-16-6-4-8-25-16)9-17(21)20(19)26-13-15-5-2-3-7-18(15)22/h2-3,5,7,9-10,16,23H,4,6,8,11-13H2,1H3/t16-/m0/s1. The van der Waals surface area contributed by atoms with Gasteiger partial charge in [0.15, 0.2) is 11.5 Å². The van der Waals surface area contributed by atoms with Crippen LogP contribution in [0.25, 0.3) is 0 Å². The van der Waals surface area contributed by atoms with Gasteiger partial charge in [-0.3, -0.25) is 0 Å². The second-order valence-electron chi connectivity index (χ2n) is 6.26. The van der Waals surface area contributed by atoms with Gasteiger partial charge in [0.25, 0.3) is 0 Å². The molecule has 0 amide bonds. The van der Waals surface area contributed by atoms with Crippen molar-refractivity contribution in [1.82, 2.24) is 5.32 Å².